The molecule has 0 aromatic heterocycles. The number of rotatable bonds is 6. The van der Waals surface area contributed by atoms with Crippen LogP contribution in [0.2, 0.25) is 0 Å². The molecule has 0 saturated heterocycles. The summed E-state index contributed by atoms with van der Waals surface area (Å²) in [6.07, 6.45) is 10.6. The van der Waals surface area contributed by atoms with Gasteiger partial charge in [0.25, 0.3) is 0 Å². The quantitative estimate of drug-likeness (QED) is 0.520. The first-order valence-corrected chi connectivity index (χ1v) is 10.4. The molecule has 26 heavy (non-hydrogen) atoms. The standard InChI is InChI=1S/C22H32O4/c1-4-6-22(16-7-14-8-17(22)13-21(3,11-14)12-16)26-20(24)15-9-18(10-15)25-19(23)5-2/h5,14-18H,2,4,6-13H2,1,3H3. The molecule has 0 N–H and O–H groups in total. The van der Waals surface area contributed by atoms with Crippen LogP contribution in [0.5, 0.6) is 0 Å². The van der Waals surface area contributed by atoms with Gasteiger partial charge in [-0.2, -0.15) is 0 Å². The second-order valence-corrected chi connectivity index (χ2v) is 9.71. The molecule has 4 nitrogen and oxygen atoms in total. The molecule has 5 aliphatic carbocycles. The normalized spacial score (nSPS) is 45.7. The van der Waals surface area contributed by atoms with Crippen molar-refractivity contribution in [3.63, 3.8) is 0 Å². The number of carbonyl (C=O) groups is 2. The van der Waals surface area contributed by atoms with E-state index in [4.69, 9.17) is 9.47 Å². The Balaban J connectivity index is 1.43. The second-order valence-electron chi connectivity index (χ2n) is 9.71. The summed E-state index contributed by atoms with van der Waals surface area (Å²) in [5, 5.41) is 0. The van der Waals surface area contributed by atoms with Crippen LogP contribution in [0.3, 0.4) is 0 Å². The fourth-order valence-corrected chi connectivity index (χ4v) is 6.80. The summed E-state index contributed by atoms with van der Waals surface area (Å²) in [6.45, 7) is 8.06. The largest absolute Gasteiger partial charge is 0.459 e. The van der Waals surface area contributed by atoms with Crippen molar-refractivity contribution in [1.82, 2.24) is 0 Å². The van der Waals surface area contributed by atoms with Crippen LogP contribution in [0.4, 0.5) is 0 Å². The molecule has 2 atom stereocenters. The van der Waals surface area contributed by atoms with Crippen molar-refractivity contribution in [3.05, 3.63) is 12.7 Å². The first kappa shape index (κ1) is 18.1. The summed E-state index contributed by atoms with van der Waals surface area (Å²) in [5.41, 5.74) is 0.242. The van der Waals surface area contributed by atoms with Crippen LogP contribution in [0.1, 0.15) is 71.6 Å². The summed E-state index contributed by atoms with van der Waals surface area (Å²) in [5.74, 6) is 1.35. The van der Waals surface area contributed by atoms with Crippen LogP contribution < -0.4 is 0 Å². The van der Waals surface area contributed by atoms with Gasteiger partial charge in [-0.1, -0.05) is 26.8 Å². The van der Waals surface area contributed by atoms with Gasteiger partial charge in [-0.3, -0.25) is 4.79 Å². The molecule has 0 radical (unpaired) electrons. The predicted octanol–water partition coefficient (Wildman–Crippen LogP) is 4.42. The average Bonchev–Trinajstić information content (AvgIpc) is 2.53. The van der Waals surface area contributed by atoms with Gasteiger partial charge >= 0.3 is 11.9 Å². The molecule has 5 rings (SSSR count). The monoisotopic (exact) mass is 360 g/mol. The minimum atomic E-state index is -0.404. The highest BCUT2D eigenvalue weighted by Crippen LogP contribution is 2.65. The van der Waals surface area contributed by atoms with E-state index in [1.165, 1.54) is 38.2 Å². The van der Waals surface area contributed by atoms with E-state index in [0.717, 1.165) is 18.8 Å². The molecule has 5 fully saturated rings. The Labute approximate surface area is 156 Å². The van der Waals surface area contributed by atoms with Gasteiger partial charge in [0, 0.05) is 6.08 Å². The third-order valence-electron chi connectivity index (χ3n) is 7.69. The van der Waals surface area contributed by atoms with Crippen LogP contribution in [-0.4, -0.2) is 23.6 Å². The van der Waals surface area contributed by atoms with Crippen molar-refractivity contribution in [2.75, 3.05) is 0 Å². The molecule has 5 aliphatic rings. The summed E-state index contributed by atoms with van der Waals surface area (Å²) in [7, 11) is 0. The van der Waals surface area contributed by atoms with Gasteiger partial charge in [0.1, 0.15) is 11.7 Å². The lowest BCUT2D eigenvalue weighted by atomic mass is 9.44. The molecule has 144 valence electrons. The number of carbonyl (C=O) groups excluding carboxylic acids is 2. The number of esters is 2. The minimum absolute atomic E-state index is 0.0537. The molecule has 0 aliphatic heterocycles. The summed E-state index contributed by atoms with van der Waals surface area (Å²) in [4.78, 5) is 24.2. The van der Waals surface area contributed by atoms with Gasteiger partial charge in [0.15, 0.2) is 0 Å². The molecule has 5 saturated carbocycles. The highest BCUT2D eigenvalue weighted by molar-refractivity contribution is 5.81. The molecule has 0 aromatic carbocycles. The van der Waals surface area contributed by atoms with Gasteiger partial charge in [0.2, 0.25) is 0 Å². The van der Waals surface area contributed by atoms with Gasteiger partial charge in [-0.25, -0.2) is 4.79 Å². The minimum Gasteiger partial charge on any atom is -0.459 e. The lowest BCUT2D eigenvalue weighted by Crippen LogP contribution is -2.62. The molecular weight excluding hydrogens is 328 g/mol. The molecule has 0 aromatic rings. The summed E-state index contributed by atoms with van der Waals surface area (Å²) < 4.78 is 11.6. The van der Waals surface area contributed by atoms with E-state index >= 15 is 0 Å². The zero-order chi connectivity index (χ0) is 18.5. The molecular formula is C22H32O4. The van der Waals surface area contributed by atoms with E-state index in [1.54, 1.807) is 0 Å². The lowest BCUT2D eigenvalue weighted by molar-refractivity contribution is -0.232. The van der Waals surface area contributed by atoms with E-state index in [0.29, 0.717) is 30.1 Å². The molecule has 0 spiro atoms. The lowest BCUT2D eigenvalue weighted by Gasteiger charge is -2.64. The topological polar surface area (TPSA) is 52.6 Å². The average molecular weight is 360 g/mol. The Morgan fingerprint density at radius 3 is 2.31 bits per heavy atom. The van der Waals surface area contributed by atoms with Crippen molar-refractivity contribution in [1.29, 1.82) is 0 Å². The maximum Gasteiger partial charge on any atom is 0.330 e. The number of hydrogen-bond acceptors (Lipinski definition) is 4. The first-order chi connectivity index (χ1) is 12.4. The van der Waals surface area contributed by atoms with Crippen LogP contribution in [0.15, 0.2) is 12.7 Å². The van der Waals surface area contributed by atoms with Crippen molar-refractivity contribution >= 4 is 11.9 Å². The highest BCUT2D eigenvalue weighted by Gasteiger charge is 2.62. The maximum absolute atomic E-state index is 12.9. The second kappa shape index (κ2) is 6.38. The molecule has 2 unspecified atom stereocenters. The number of ether oxygens (including phenoxy) is 2. The van der Waals surface area contributed by atoms with Crippen LogP contribution in [0.25, 0.3) is 0 Å². The smallest absolute Gasteiger partial charge is 0.330 e. The van der Waals surface area contributed by atoms with Crippen LogP contribution >= 0.6 is 0 Å². The molecule has 0 heterocycles. The number of hydrogen-bond donors (Lipinski definition) is 0. The molecule has 0 amide bonds. The Kier molecular flexibility index (Phi) is 4.44. The van der Waals surface area contributed by atoms with E-state index < -0.39 is 5.97 Å². The fraction of sp³-hybridized carbons (Fsp3) is 0.818. The van der Waals surface area contributed by atoms with E-state index in [2.05, 4.69) is 20.4 Å². The predicted molar refractivity (Wildman–Crippen MR) is 98.2 cm³/mol. The molecule has 4 heteroatoms. The first-order valence-electron chi connectivity index (χ1n) is 10.4. The van der Waals surface area contributed by atoms with Gasteiger partial charge in [-0.05, 0) is 74.5 Å². The SMILES string of the molecule is C=CC(=O)OC1CC(C(=O)OC2(CCC)C3CC4CC2CC(C)(C4)C3)C1. The van der Waals surface area contributed by atoms with Gasteiger partial charge in [0.05, 0.1) is 5.92 Å². The van der Waals surface area contributed by atoms with E-state index in [9.17, 15) is 9.59 Å². The van der Waals surface area contributed by atoms with E-state index in [1.807, 2.05) is 0 Å². The summed E-state index contributed by atoms with van der Waals surface area (Å²) >= 11 is 0. The zero-order valence-corrected chi connectivity index (χ0v) is 16.2. The third kappa shape index (κ3) is 2.90. The van der Waals surface area contributed by atoms with Gasteiger partial charge in [-0.15, -0.1) is 0 Å². The molecule has 4 bridgehead atoms. The van der Waals surface area contributed by atoms with Crippen LogP contribution in [0, 0.1) is 29.1 Å². The Morgan fingerprint density at radius 1 is 1.12 bits per heavy atom. The van der Waals surface area contributed by atoms with Crippen molar-refractivity contribution in [2.24, 2.45) is 29.1 Å². The zero-order valence-electron chi connectivity index (χ0n) is 16.2. The Morgan fingerprint density at radius 2 is 1.77 bits per heavy atom. The van der Waals surface area contributed by atoms with Gasteiger partial charge < -0.3 is 9.47 Å². The third-order valence-corrected chi connectivity index (χ3v) is 7.69. The maximum atomic E-state index is 12.9. The Hall–Kier alpha value is -1.32. The summed E-state index contributed by atoms with van der Waals surface area (Å²) in [6, 6.07) is 0. The van der Waals surface area contributed by atoms with Crippen molar-refractivity contribution in [3.8, 4) is 0 Å². The van der Waals surface area contributed by atoms with Crippen molar-refractivity contribution in [2.45, 2.75) is 83.3 Å². The van der Waals surface area contributed by atoms with E-state index in [-0.39, 0.29) is 23.6 Å². The van der Waals surface area contributed by atoms with Crippen LogP contribution in [-0.2, 0) is 19.1 Å². The Bertz CT molecular complexity index is 587. The highest BCUT2D eigenvalue weighted by atomic mass is 16.6. The van der Waals surface area contributed by atoms with Crippen molar-refractivity contribution < 1.29 is 19.1 Å². The fourth-order valence-electron chi connectivity index (χ4n) is 6.80.